The van der Waals surface area contributed by atoms with Crippen LogP contribution < -0.4 is 4.74 Å². The molecule has 1 saturated heterocycles. The highest BCUT2D eigenvalue weighted by molar-refractivity contribution is 7.89. The number of aliphatic hydroxyl groups excluding tert-OH is 1. The highest BCUT2D eigenvalue weighted by Crippen LogP contribution is 2.34. The second-order valence-corrected chi connectivity index (χ2v) is 12.2. The van der Waals surface area contributed by atoms with Gasteiger partial charge in [0.15, 0.2) is 0 Å². The third kappa shape index (κ3) is 7.19. The highest BCUT2D eigenvalue weighted by Gasteiger charge is 2.38. The standard InChI is InChI=1S/C29H36FN3O6S/c1-21-17-33(22(2)20-34)40(36,37)28-10-9-24(8-7-23-5-4-6-25(30)15-23)16-26(28)39-27(21)18-31(3)29(35)19-32-11-13-38-14-12-32/h4-6,9-10,15-16,21-22,27,34H,11-14,17-20H2,1-3H3/t21-,22-,27+/m0/s1. The molecule has 2 aliphatic heterocycles. The van der Waals surface area contributed by atoms with Crippen LogP contribution in [0, 0.1) is 23.6 Å². The molecule has 0 aromatic heterocycles. The fourth-order valence-corrected chi connectivity index (χ4v) is 6.50. The summed E-state index contributed by atoms with van der Waals surface area (Å²) in [6, 6.07) is 9.81. The third-order valence-electron chi connectivity index (χ3n) is 7.19. The monoisotopic (exact) mass is 573 g/mol. The Labute approximate surface area is 235 Å². The summed E-state index contributed by atoms with van der Waals surface area (Å²) in [6.45, 7) is 6.35. The lowest BCUT2D eigenvalue weighted by Crippen LogP contribution is -2.51. The van der Waals surface area contributed by atoms with Gasteiger partial charge in [-0.3, -0.25) is 9.69 Å². The first-order chi connectivity index (χ1) is 19.1. The molecule has 1 fully saturated rings. The molecular weight excluding hydrogens is 537 g/mol. The number of hydrogen-bond acceptors (Lipinski definition) is 7. The number of amides is 1. The Kier molecular flexibility index (Phi) is 9.81. The summed E-state index contributed by atoms with van der Waals surface area (Å²) in [6.07, 6.45) is -0.535. The lowest BCUT2D eigenvalue weighted by Gasteiger charge is -2.38. The lowest BCUT2D eigenvalue weighted by molar-refractivity contribution is -0.133. The number of carbonyl (C=O) groups excluding carboxylic acids is 1. The lowest BCUT2D eigenvalue weighted by atomic mass is 10.0. The first-order valence-electron chi connectivity index (χ1n) is 13.3. The van der Waals surface area contributed by atoms with E-state index in [4.69, 9.17) is 9.47 Å². The van der Waals surface area contributed by atoms with Crippen LogP contribution in [0.2, 0.25) is 0 Å². The van der Waals surface area contributed by atoms with Crippen LogP contribution in [-0.4, -0.2) is 105 Å². The number of sulfonamides is 1. The summed E-state index contributed by atoms with van der Waals surface area (Å²) in [5, 5.41) is 9.85. The molecule has 40 heavy (non-hydrogen) atoms. The number of fused-ring (bicyclic) bond motifs is 1. The van der Waals surface area contributed by atoms with E-state index in [9.17, 15) is 22.7 Å². The Morgan fingerprint density at radius 1 is 1.18 bits per heavy atom. The van der Waals surface area contributed by atoms with Gasteiger partial charge >= 0.3 is 0 Å². The van der Waals surface area contributed by atoms with E-state index in [0.29, 0.717) is 37.4 Å². The smallest absolute Gasteiger partial charge is 0.247 e. The molecule has 4 rings (SSSR count). The summed E-state index contributed by atoms with van der Waals surface area (Å²) in [5.74, 6) is 5.19. The summed E-state index contributed by atoms with van der Waals surface area (Å²) < 4.78 is 54.0. The molecule has 0 aliphatic carbocycles. The first-order valence-corrected chi connectivity index (χ1v) is 14.8. The molecule has 3 atom stereocenters. The summed E-state index contributed by atoms with van der Waals surface area (Å²) in [7, 11) is -2.30. The van der Waals surface area contributed by atoms with Crippen LogP contribution in [0.4, 0.5) is 4.39 Å². The first kappa shape index (κ1) is 30.0. The molecule has 9 nitrogen and oxygen atoms in total. The summed E-state index contributed by atoms with van der Waals surface area (Å²) >= 11 is 0. The number of benzene rings is 2. The number of ether oxygens (including phenoxy) is 2. The van der Waals surface area contributed by atoms with Gasteiger partial charge in [0.25, 0.3) is 0 Å². The number of aliphatic hydroxyl groups is 1. The van der Waals surface area contributed by atoms with Gasteiger partial charge in [-0.2, -0.15) is 4.31 Å². The van der Waals surface area contributed by atoms with E-state index >= 15 is 0 Å². The van der Waals surface area contributed by atoms with Gasteiger partial charge in [0.05, 0.1) is 32.9 Å². The van der Waals surface area contributed by atoms with E-state index < -0.39 is 28.0 Å². The molecule has 1 amide bonds. The van der Waals surface area contributed by atoms with E-state index in [1.165, 1.54) is 22.5 Å². The van der Waals surface area contributed by atoms with Gasteiger partial charge < -0.3 is 19.5 Å². The van der Waals surface area contributed by atoms with Crippen LogP contribution in [0.25, 0.3) is 0 Å². The van der Waals surface area contributed by atoms with Crippen LogP contribution in [0.5, 0.6) is 5.75 Å². The van der Waals surface area contributed by atoms with Crippen LogP contribution in [0.3, 0.4) is 0 Å². The maximum atomic E-state index is 13.7. The van der Waals surface area contributed by atoms with Crippen LogP contribution >= 0.6 is 0 Å². The van der Waals surface area contributed by atoms with E-state index in [2.05, 4.69) is 11.8 Å². The molecule has 2 aromatic carbocycles. The largest absolute Gasteiger partial charge is 0.487 e. The molecule has 0 bridgehead atoms. The third-order valence-corrected chi connectivity index (χ3v) is 9.20. The molecule has 0 spiro atoms. The van der Waals surface area contributed by atoms with Crippen molar-refractivity contribution in [2.45, 2.75) is 30.9 Å². The minimum atomic E-state index is -4.01. The molecule has 216 valence electrons. The van der Waals surface area contributed by atoms with Gasteiger partial charge in [-0.1, -0.05) is 24.8 Å². The topological polar surface area (TPSA) is 99.6 Å². The molecule has 0 unspecified atom stereocenters. The van der Waals surface area contributed by atoms with Gasteiger partial charge in [0.2, 0.25) is 15.9 Å². The van der Waals surface area contributed by atoms with Crippen molar-refractivity contribution >= 4 is 15.9 Å². The van der Waals surface area contributed by atoms with Crippen molar-refractivity contribution in [3.05, 3.63) is 59.4 Å². The van der Waals surface area contributed by atoms with Crippen molar-refractivity contribution in [1.82, 2.24) is 14.1 Å². The zero-order chi connectivity index (χ0) is 28.9. The van der Waals surface area contributed by atoms with Crippen LogP contribution in [0.15, 0.2) is 47.4 Å². The SMILES string of the molecule is C[C@H]1CN([C@@H](C)CO)S(=O)(=O)c2ccc(C#Cc3cccc(F)c3)cc2O[C@@H]1CN(C)C(=O)CN1CCOCC1. The fraction of sp³-hybridized carbons (Fsp3) is 0.483. The van der Waals surface area contributed by atoms with Crippen molar-refractivity contribution < 1.29 is 32.2 Å². The number of nitrogens with zero attached hydrogens (tertiary/aromatic N) is 3. The van der Waals surface area contributed by atoms with Crippen molar-refractivity contribution in [3.63, 3.8) is 0 Å². The average Bonchev–Trinajstić information content (AvgIpc) is 2.93. The van der Waals surface area contributed by atoms with Crippen LogP contribution in [-0.2, 0) is 19.6 Å². The van der Waals surface area contributed by atoms with Crippen molar-refractivity contribution in [2.75, 3.05) is 59.6 Å². The normalized spacial score (nSPS) is 22.0. The minimum absolute atomic E-state index is 0.0386. The molecule has 2 heterocycles. The molecule has 11 heteroatoms. The summed E-state index contributed by atoms with van der Waals surface area (Å²) in [4.78, 5) is 16.6. The summed E-state index contributed by atoms with van der Waals surface area (Å²) in [5.41, 5.74) is 0.971. The maximum Gasteiger partial charge on any atom is 0.247 e. The van der Waals surface area contributed by atoms with Gasteiger partial charge in [0, 0.05) is 49.8 Å². The van der Waals surface area contributed by atoms with E-state index in [-0.39, 0.29) is 48.7 Å². The zero-order valence-electron chi connectivity index (χ0n) is 23.0. The molecule has 1 N–H and O–H groups in total. The quantitative estimate of drug-likeness (QED) is 0.526. The van der Waals surface area contributed by atoms with Gasteiger partial charge in [-0.05, 0) is 43.3 Å². The number of carbonyl (C=O) groups is 1. The Bertz CT molecular complexity index is 1370. The van der Waals surface area contributed by atoms with Gasteiger partial charge in [0.1, 0.15) is 22.6 Å². The molecule has 2 aromatic rings. The van der Waals surface area contributed by atoms with Crippen molar-refractivity contribution in [2.24, 2.45) is 5.92 Å². The predicted octanol–water partition coefficient (Wildman–Crippen LogP) is 1.78. The van der Waals surface area contributed by atoms with E-state index in [1.807, 2.05) is 11.8 Å². The van der Waals surface area contributed by atoms with Gasteiger partial charge in [-0.15, -0.1) is 0 Å². The molecule has 0 saturated carbocycles. The highest BCUT2D eigenvalue weighted by atomic mass is 32.2. The predicted molar refractivity (Wildman–Crippen MR) is 148 cm³/mol. The number of likely N-dealkylation sites (N-methyl/N-ethyl adjacent to an activating group) is 1. The van der Waals surface area contributed by atoms with Gasteiger partial charge in [-0.25, -0.2) is 12.8 Å². The van der Waals surface area contributed by atoms with E-state index in [0.717, 1.165) is 0 Å². The number of morpholine rings is 1. The molecule has 2 aliphatic rings. The number of rotatable bonds is 6. The second-order valence-electron chi connectivity index (χ2n) is 10.3. The number of halogens is 1. The minimum Gasteiger partial charge on any atom is -0.487 e. The zero-order valence-corrected chi connectivity index (χ0v) is 23.9. The van der Waals surface area contributed by atoms with Crippen molar-refractivity contribution in [3.8, 4) is 17.6 Å². The Balaban J connectivity index is 1.65. The Morgan fingerprint density at radius 2 is 1.88 bits per heavy atom. The fourth-order valence-electron chi connectivity index (χ4n) is 4.67. The molecule has 0 radical (unpaired) electrons. The number of hydrogen-bond donors (Lipinski definition) is 1. The Morgan fingerprint density at radius 3 is 2.55 bits per heavy atom. The second kappa shape index (κ2) is 13.1. The van der Waals surface area contributed by atoms with E-state index in [1.54, 1.807) is 43.1 Å². The molecular formula is C29H36FN3O6S. The van der Waals surface area contributed by atoms with Crippen LogP contribution in [0.1, 0.15) is 25.0 Å². The Hall–Kier alpha value is -3.01. The van der Waals surface area contributed by atoms with Crippen molar-refractivity contribution in [1.29, 1.82) is 0 Å². The average molecular weight is 574 g/mol. The maximum absolute atomic E-state index is 13.7.